The summed E-state index contributed by atoms with van der Waals surface area (Å²) in [5.74, 6) is 1.17. The topological polar surface area (TPSA) is 59.6 Å². The summed E-state index contributed by atoms with van der Waals surface area (Å²) in [5, 5.41) is 5.44. The Morgan fingerprint density at radius 2 is 1.82 bits per heavy atom. The number of halogens is 2. The average molecular weight is 390 g/mol. The first kappa shape index (κ1) is 19.9. The first-order valence-corrected chi connectivity index (χ1v) is 9.36. The fourth-order valence-electron chi connectivity index (χ4n) is 3.12. The van der Waals surface area contributed by atoms with Gasteiger partial charge in [0.25, 0.3) is 6.43 Å². The molecule has 0 unspecified atom stereocenters. The van der Waals surface area contributed by atoms with Gasteiger partial charge in [-0.15, -0.1) is 0 Å². The van der Waals surface area contributed by atoms with Gasteiger partial charge in [-0.25, -0.2) is 13.6 Å². The monoisotopic (exact) mass is 390 g/mol. The number of rotatable bonds is 9. The lowest BCUT2D eigenvalue weighted by molar-refractivity contribution is 0.0818. The maximum atomic E-state index is 12.2. The SMILES string of the molecule is O=C(NCCOc1ccc2c(c1)CCC2)NCc1cccc(OCC(F)F)c1. The molecule has 0 heterocycles. The lowest BCUT2D eigenvalue weighted by Gasteiger charge is -2.11. The summed E-state index contributed by atoms with van der Waals surface area (Å²) in [5.41, 5.74) is 3.51. The molecule has 0 saturated heterocycles. The van der Waals surface area contributed by atoms with Crippen LogP contribution >= 0.6 is 0 Å². The summed E-state index contributed by atoms with van der Waals surface area (Å²) in [6, 6.07) is 12.5. The highest BCUT2D eigenvalue weighted by molar-refractivity contribution is 5.73. The quantitative estimate of drug-likeness (QED) is 0.642. The van der Waals surface area contributed by atoms with E-state index in [1.807, 2.05) is 6.07 Å². The van der Waals surface area contributed by atoms with E-state index in [0.29, 0.717) is 18.9 Å². The molecular weight excluding hydrogens is 366 g/mol. The minimum Gasteiger partial charge on any atom is -0.492 e. The zero-order valence-electron chi connectivity index (χ0n) is 15.5. The number of carbonyl (C=O) groups is 1. The van der Waals surface area contributed by atoms with Crippen LogP contribution in [0.5, 0.6) is 11.5 Å². The van der Waals surface area contributed by atoms with Gasteiger partial charge in [0, 0.05) is 6.54 Å². The van der Waals surface area contributed by atoms with Crippen LogP contribution < -0.4 is 20.1 Å². The van der Waals surface area contributed by atoms with E-state index in [9.17, 15) is 13.6 Å². The summed E-state index contributed by atoms with van der Waals surface area (Å²) in [6.45, 7) is 0.370. The second-order valence-electron chi connectivity index (χ2n) is 6.59. The van der Waals surface area contributed by atoms with E-state index < -0.39 is 13.0 Å². The van der Waals surface area contributed by atoms with E-state index in [0.717, 1.165) is 24.2 Å². The molecule has 28 heavy (non-hydrogen) atoms. The molecule has 2 N–H and O–H groups in total. The molecule has 2 aromatic carbocycles. The summed E-state index contributed by atoms with van der Waals surface area (Å²) in [4.78, 5) is 11.9. The van der Waals surface area contributed by atoms with Gasteiger partial charge in [-0.05, 0) is 60.2 Å². The Labute approximate surface area is 163 Å². The summed E-state index contributed by atoms with van der Waals surface area (Å²) < 4.78 is 35.0. The molecule has 1 aliphatic carbocycles. The molecule has 0 saturated carbocycles. The van der Waals surface area contributed by atoms with Crippen molar-refractivity contribution >= 4 is 6.03 Å². The molecule has 0 spiro atoms. The zero-order chi connectivity index (χ0) is 19.8. The molecule has 1 aliphatic rings. The molecule has 0 radical (unpaired) electrons. The molecule has 7 heteroatoms. The van der Waals surface area contributed by atoms with Crippen LogP contribution in [0.1, 0.15) is 23.1 Å². The predicted molar refractivity (Wildman–Crippen MR) is 102 cm³/mol. The van der Waals surface area contributed by atoms with Gasteiger partial charge in [0.2, 0.25) is 0 Å². The van der Waals surface area contributed by atoms with Crippen LogP contribution in [-0.4, -0.2) is 32.2 Å². The molecule has 5 nitrogen and oxygen atoms in total. The van der Waals surface area contributed by atoms with Crippen LogP contribution in [0.15, 0.2) is 42.5 Å². The lowest BCUT2D eigenvalue weighted by atomic mass is 10.1. The smallest absolute Gasteiger partial charge is 0.315 e. The maximum absolute atomic E-state index is 12.2. The van der Waals surface area contributed by atoms with Crippen molar-refractivity contribution in [2.24, 2.45) is 0 Å². The number of hydrogen-bond donors (Lipinski definition) is 2. The minimum atomic E-state index is -2.52. The van der Waals surface area contributed by atoms with Gasteiger partial charge in [-0.1, -0.05) is 18.2 Å². The summed E-state index contributed by atoms with van der Waals surface area (Å²) >= 11 is 0. The third-order valence-electron chi connectivity index (χ3n) is 4.45. The number of nitrogens with one attached hydrogen (secondary N) is 2. The van der Waals surface area contributed by atoms with E-state index in [1.54, 1.807) is 24.3 Å². The zero-order valence-corrected chi connectivity index (χ0v) is 15.5. The van der Waals surface area contributed by atoms with Gasteiger partial charge in [-0.2, -0.15) is 0 Å². The summed E-state index contributed by atoms with van der Waals surface area (Å²) in [7, 11) is 0. The third kappa shape index (κ3) is 6.11. The Balaban J connectivity index is 1.34. The highest BCUT2D eigenvalue weighted by Gasteiger charge is 2.11. The molecule has 0 atom stereocenters. The highest BCUT2D eigenvalue weighted by Crippen LogP contribution is 2.25. The second kappa shape index (κ2) is 9.92. The Hall–Kier alpha value is -2.83. The van der Waals surface area contributed by atoms with Crippen molar-refractivity contribution in [1.82, 2.24) is 10.6 Å². The number of amides is 2. The van der Waals surface area contributed by atoms with E-state index in [2.05, 4.69) is 22.8 Å². The van der Waals surface area contributed by atoms with Crippen LogP contribution in [0.3, 0.4) is 0 Å². The van der Waals surface area contributed by atoms with Gasteiger partial charge < -0.3 is 20.1 Å². The second-order valence-corrected chi connectivity index (χ2v) is 6.59. The van der Waals surface area contributed by atoms with Gasteiger partial charge >= 0.3 is 6.03 Å². The standard InChI is InChI=1S/C21H24F2N2O3/c22-20(23)14-28-18-6-1-3-15(11-18)13-25-21(26)24-9-10-27-19-8-7-16-4-2-5-17(16)12-19/h1,3,6-8,11-12,20H,2,4-5,9-10,13-14H2,(H2,24,25,26). The Morgan fingerprint density at radius 1 is 1.00 bits per heavy atom. The number of fused-ring (bicyclic) bond motifs is 1. The number of benzene rings is 2. The van der Waals surface area contributed by atoms with Crippen LogP contribution in [0, 0.1) is 0 Å². The molecule has 150 valence electrons. The molecule has 2 amide bonds. The summed E-state index contributed by atoms with van der Waals surface area (Å²) in [6.07, 6.45) is 0.911. The van der Waals surface area contributed by atoms with Crippen molar-refractivity contribution in [3.05, 3.63) is 59.2 Å². The molecule has 0 aromatic heterocycles. The van der Waals surface area contributed by atoms with E-state index in [1.165, 1.54) is 17.5 Å². The average Bonchev–Trinajstić information content (AvgIpc) is 3.16. The number of urea groups is 1. The first-order chi connectivity index (χ1) is 13.6. The van der Waals surface area contributed by atoms with E-state index >= 15 is 0 Å². The molecule has 0 aliphatic heterocycles. The largest absolute Gasteiger partial charge is 0.492 e. The number of carbonyl (C=O) groups excluding carboxylic acids is 1. The van der Waals surface area contributed by atoms with Crippen molar-refractivity contribution in [1.29, 1.82) is 0 Å². The van der Waals surface area contributed by atoms with Crippen molar-refractivity contribution in [2.75, 3.05) is 19.8 Å². The number of hydrogen-bond acceptors (Lipinski definition) is 3. The Bertz CT molecular complexity index is 799. The Morgan fingerprint density at radius 3 is 2.68 bits per heavy atom. The van der Waals surface area contributed by atoms with Crippen molar-refractivity contribution in [2.45, 2.75) is 32.2 Å². The fraction of sp³-hybridized carbons (Fsp3) is 0.381. The van der Waals surface area contributed by atoms with Crippen molar-refractivity contribution in [3.8, 4) is 11.5 Å². The first-order valence-electron chi connectivity index (χ1n) is 9.36. The third-order valence-corrected chi connectivity index (χ3v) is 4.45. The normalized spacial score (nSPS) is 12.5. The van der Waals surface area contributed by atoms with Crippen LogP contribution in [-0.2, 0) is 19.4 Å². The number of aryl methyl sites for hydroxylation is 2. The van der Waals surface area contributed by atoms with E-state index in [-0.39, 0.29) is 12.6 Å². The minimum absolute atomic E-state index is 0.267. The van der Waals surface area contributed by atoms with Crippen LogP contribution in [0.2, 0.25) is 0 Å². The highest BCUT2D eigenvalue weighted by atomic mass is 19.3. The van der Waals surface area contributed by atoms with Crippen LogP contribution in [0.4, 0.5) is 13.6 Å². The Kier molecular flexibility index (Phi) is 7.06. The molecule has 2 aromatic rings. The molecule has 3 rings (SSSR count). The molecule has 0 bridgehead atoms. The van der Waals surface area contributed by atoms with Crippen molar-refractivity contribution < 1.29 is 23.0 Å². The van der Waals surface area contributed by atoms with Gasteiger partial charge in [0.05, 0.1) is 6.54 Å². The van der Waals surface area contributed by atoms with Crippen molar-refractivity contribution in [3.63, 3.8) is 0 Å². The molecular formula is C21H24F2N2O3. The maximum Gasteiger partial charge on any atom is 0.315 e. The number of ether oxygens (including phenoxy) is 2. The predicted octanol–water partition coefficient (Wildman–Crippen LogP) is 3.70. The van der Waals surface area contributed by atoms with Crippen LogP contribution in [0.25, 0.3) is 0 Å². The lowest BCUT2D eigenvalue weighted by Crippen LogP contribution is -2.37. The van der Waals surface area contributed by atoms with Gasteiger partial charge in [0.15, 0.2) is 0 Å². The molecule has 0 fully saturated rings. The number of alkyl halides is 2. The van der Waals surface area contributed by atoms with Gasteiger partial charge in [-0.3, -0.25) is 0 Å². The fourth-order valence-corrected chi connectivity index (χ4v) is 3.12. The van der Waals surface area contributed by atoms with Gasteiger partial charge in [0.1, 0.15) is 24.7 Å². The van der Waals surface area contributed by atoms with E-state index in [4.69, 9.17) is 9.47 Å².